The van der Waals surface area contributed by atoms with Gasteiger partial charge >= 0.3 is 0 Å². The number of primary amides is 1. The zero-order valence-electron chi connectivity index (χ0n) is 22.3. The van der Waals surface area contributed by atoms with E-state index in [9.17, 15) is 18.0 Å². The van der Waals surface area contributed by atoms with Gasteiger partial charge in [-0.15, -0.1) is 0 Å². The Morgan fingerprint density at radius 3 is 2.39 bits per heavy atom. The summed E-state index contributed by atoms with van der Waals surface area (Å²) in [5.41, 5.74) is 11.0. The average Bonchev–Trinajstić information content (AvgIpc) is 3.28. The summed E-state index contributed by atoms with van der Waals surface area (Å²) in [6.45, 7) is 3.22. The van der Waals surface area contributed by atoms with Crippen LogP contribution in [-0.2, 0) is 26.0 Å². The summed E-state index contributed by atoms with van der Waals surface area (Å²) in [4.78, 5) is 28.6. The molecule has 1 aromatic heterocycles. The molecule has 10 heteroatoms. The van der Waals surface area contributed by atoms with Crippen molar-refractivity contribution in [3.63, 3.8) is 0 Å². The SMILES string of the molecule is CC(=O)Nc1ccc(-c2cc(CC(N)=O)c3[nH]cc(C4CCN(S(=O)(=O)CCCN(C)C)CC4)c3c2)cc1. The van der Waals surface area contributed by atoms with Crippen molar-refractivity contribution in [1.29, 1.82) is 0 Å². The number of fused-ring (bicyclic) bond motifs is 1. The lowest BCUT2D eigenvalue weighted by Gasteiger charge is -2.31. The van der Waals surface area contributed by atoms with Gasteiger partial charge < -0.3 is 20.9 Å². The van der Waals surface area contributed by atoms with E-state index in [1.54, 1.807) is 4.31 Å². The lowest BCUT2D eigenvalue weighted by atomic mass is 9.88. The van der Waals surface area contributed by atoms with Crippen LogP contribution in [0.5, 0.6) is 0 Å². The number of carbonyl (C=O) groups excluding carboxylic acids is 2. The average molecular weight is 540 g/mol. The van der Waals surface area contributed by atoms with Crippen molar-refractivity contribution in [2.24, 2.45) is 5.73 Å². The number of nitrogens with one attached hydrogen (secondary N) is 2. The van der Waals surface area contributed by atoms with Crippen molar-refractivity contribution in [2.75, 3.05) is 44.8 Å². The highest BCUT2D eigenvalue weighted by molar-refractivity contribution is 7.89. The molecule has 9 nitrogen and oxygen atoms in total. The molecule has 2 aromatic carbocycles. The summed E-state index contributed by atoms with van der Waals surface area (Å²) in [5.74, 6) is -0.166. The number of anilines is 1. The van der Waals surface area contributed by atoms with Crippen molar-refractivity contribution in [3.05, 3.63) is 53.7 Å². The highest BCUT2D eigenvalue weighted by atomic mass is 32.2. The second-order valence-corrected chi connectivity index (χ2v) is 12.4. The largest absolute Gasteiger partial charge is 0.369 e. The predicted octanol–water partition coefficient (Wildman–Crippen LogP) is 3.28. The van der Waals surface area contributed by atoms with Crippen molar-refractivity contribution >= 4 is 38.4 Å². The van der Waals surface area contributed by atoms with Gasteiger partial charge in [0, 0.05) is 42.8 Å². The number of hydrogen-bond acceptors (Lipinski definition) is 5. The van der Waals surface area contributed by atoms with Gasteiger partial charge in [-0.25, -0.2) is 12.7 Å². The van der Waals surface area contributed by atoms with Gasteiger partial charge in [-0.3, -0.25) is 9.59 Å². The Hall–Kier alpha value is -3.21. The minimum absolute atomic E-state index is 0.109. The predicted molar refractivity (Wildman–Crippen MR) is 151 cm³/mol. The van der Waals surface area contributed by atoms with Crippen molar-refractivity contribution in [2.45, 2.75) is 38.5 Å². The lowest BCUT2D eigenvalue weighted by Crippen LogP contribution is -2.39. The number of rotatable bonds is 10. The van der Waals surface area contributed by atoms with E-state index >= 15 is 0 Å². The molecule has 1 aliphatic heterocycles. The Kier molecular flexibility index (Phi) is 8.54. The van der Waals surface area contributed by atoms with Crippen LogP contribution < -0.4 is 11.1 Å². The Morgan fingerprint density at radius 2 is 1.79 bits per heavy atom. The molecule has 3 aromatic rings. The van der Waals surface area contributed by atoms with Crippen LogP contribution in [0.25, 0.3) is 22.0 Å². The molecule has 2 amide bonds. The standard InChI is InChI=1S/C28H37N5O4S/c1-19(34)31-24-7-5-20(6-8-24)22-15-23(17-27(29)35)28-25(16-22)26(18-30-28)21-9-12-33(13-10-21)38(36,37)14-4-11-32(2)3/h5-8,15-16,18,21,30H,4,9-14,17H2,1-3H3,(H2,29,35)(H,31,34). The van der Waals surface area contributed by atoms with Gasteiger partial charge in [0.2, 0.25) is 21.8 Å². The topological polar surface area (TPSA) is 129 Å². The quantitative estimate of drug-likeness (QED) is 0.364. The molecule has 38 heavy (non-hydrogen) atoms. The fraction of sp³-hybridized carbons (Fsp3) is 0.429. The van der Waals surface area contributed by atoms with Crippen LogP contribution in [0, 0.1) is 0 Å². The highest BCUT2D eigenvalue weighted by Crippen LogP contribution is 2.37. The van der Waals surface area contributed by atoms with Gasteiger partial charge in [0.25, 0.3) is 0 Å². The summed E-state index contributed by atoms with van der Waals surface area (Å²) in [6, 6.07) is 11.7. The second-order valence-electron chi connectivity index (χ2n) is 10.3. The molecule has 0 spiro atoms. The first-order chi connectivity index (χ1) is 18.0. The van der Waals surface area contributed by atoms with Gasteiger partial charge in [-0.05, 0) is 92.3 Å². The third kappa shape index (κ3) is 6.61. The molecule has 0 atom stereocenters. The second kappa shape index (κ2) is 11.7. The Labute approximate surface area is 224 Å². The maximum absolute atomic E-state index is 12.8. The van der Waals surface area contributed by atoms with E-state index in [1.807, 2.05) is 55.5 Å². The smallest absolute Gasteiger partial charge is 0.221 e. The number of sulfonamides is 1. The third-order valence-corrected chi connectivity index (χ3v) is 9.06. The monoisotopic (exact) mass is 539 g/mol. The van der Waals surface area contributed by atoms with Crippen molar-refractivity contribution in [3.8, 4) is 11.1 Å². The van der Waals surface area contributed by atoms with Crippen LogP contribution >= 0.6 is 0 Å². The van der Waals surface area contributed by atoms with Gasteiger partial charge in [0.05, 0.1) is 12.2 Å². The normalized spacial score (nSPS) is 15.3. The number of carbonyl (C=O) groups is 2. The van der Waals surface area contributed by atoms with E-state index in [4.69, 9.17) is 5.73 Å². The van der Waals surface area contributed by atoms with Crippen LogP contribution in [0.4, 0.5) is 5.69 Å². The summed E-state index contributed by atoms with van der Waals surface area (Å²) in [5, 5.41) is 3.80. The number of amides is 2. The van der Waals surface area contributed by atoms with Crippen LogP contribution in [0.2, 0.25) is 0 Å². The van der Waals surface area contributed by atoms with Crippen LogP contribution in [0.3, 0.4) is 0 Å². The van der Waals surface area contributed by atoms with Gasteiger partial charge in [-0.2, -0.15) is 0 Å². The first-order valence-electron chi connectivity index (χ1n) is 13.0. The molecule has 4 N–H and O–H groups in total. The number of aromatic amines is 1. The first kappa shape index (κ1) is 27.8. The fourth-order valence-corrected chi connectivity index (χ4v) is 6.77. The molecule has 0 radical (unpaired) electrons. The van der Waals surface area contributed by atoms with E-state index in [2.05, 4.69) is 16.4 Å². The number of aromatic nitrogens is 1. The Morgan fingerprint density at radius 1 is 1.11 bits per heavy atom. The van der Waals surface area contributed by atoms with E-state index in [1.165, 1.54) is 6.92 Å². The van der Waals surface area contributed by atoms with Gasteiger partial charge in [0.15, 0.2) is 0 Å². The summed E-state index contributed by atoms with van der Waals surface area (Å²) >= 11 is 0. The Balaban J connectivity index is 1.59. The number of hydrogen-bond donors (Lipinski definition) is 3. The van der Waals surface area contributed by atoms with Gasteiger partial charge in [-0.1, -0.05) is 12.1 Å². The minimum Gasteiger partial charge on any atom is -0.369 e. The molecule has 0 aliphatic carbocycles. The number of nitrogens with zero attached hydrogens (tertiary/aromatic N) is 2. The lowest BCUT2D eigenvalue weighted by molar-refractivity contribution is -0.117. The maximum Gasteiger partial charge on any atom is 0.221 e. The molecule has 0 saturated carbocycles. The third-order valence-electron chi connectivity index (χ3n) is 7.10. The van der Waals surface area contributed by atoms with Crippen LogP contribution in [0.15, 0.2) is 42.6 Å². The van der Waals surface area contributed by atoms with Crippen molar-refractivity contribution < 1.29 is 18.0 Å². The fourth-order valence-electron chi connectivity index (χ4n) is 5.25. The molecule has 1 aliphatic rings. The molecular formula is C28H37N5O4S. The van der Waals surface area contributed by atoms with E-state index in [0.29, 0.717) is 25.2 Å². The first-order valence-corrected chi connectivity index (χ1v) is 14.6. The van der Waals surface area contributed by atoms with Crippen LogP contribution in [-0.4, -0.2) is 73.9 Å². The van der Waals surface area contributed by atoms with E-state index in [0.717, 1.165) is 52.5 Å². The molecule has 2 heterocycles. The highest BCUT2D eigenvalue weighted by Gasteiger charge is 2.29. The molecule has 1 saturated heterocycles. The summed E-state index contributed by atoms with van der Waals surface area (Å²) in [6.07, 6.45) is 4.19. The number of benzene rings is 2. The molecule has 1 fully saturated rings. The van der Waals surface area contributed by atoms with Crippen LogP contribution in [0.1, 0.15) is 43.2 Å². The number of nitrogens with two attached hydrogens (primary N) is 1. The number of piperidine rings is 1. The van der Waals surface area contributed by atoms with Crippen molar-refractivity contribution in [1.82, 2.24) is 14.2 Å². The van der Waals surface area contributed by atoms with E-state index < -0.39 is 15.9 Å². The number of H-pyrrole nitrogens is 1. The molecule has 0 unspecified atom stereocenters. The molecule has 204 valence electrons. The zero-order chi connectivity index (χ0) is 27.4. The van der Waals surface area contributed by atoms with E-state index in [-0.39, 0.29) is 24.0 Å². The molecule has 4 rings (SSSR count). The maximum atomic E-state index is 12.8. The molecule has 0 bridgehead atoms. The minimum atomic E-state index is -3.27. The molecular weight excluding hydrogens is 502 g/mol. The summed E-state index contributed by atoms with van der Waals surface area (Å²) in [7, 11) is 0.623. The zero-order valence-corrected chi connectivity index (χ0v) is 23.1. The Bertz CT molecular complexity index is 1410. The summed E-state index contributed by atoms with van der Waals surface area (Å²) < 4.78 is 27.3. The van der Waals surface area contributed by atoms with Gasteiger partial charge in [0.1, 0.15) is 0 Å².